The molecule has 0 N–H and O–H groups in total. The first kappa shape index (κ1) is 28.6. The minimum Gasteiger partial charge on any atom is -0.429 e. The van der Waals surface area contributed by atoms with Gasteiger partial charge in [-0.05, 0) is 79.9 Å². The van der Waals surface area contributed by atoms with Crippen molar-refractivity contribution < 1.29 is 40.2 Å². The average molecular weight is 547 g/mol. The molecule has 38 heavy (non-hydrogen) atoms. The smallest absolute Gasteiger partial charge is 0.429 e. The van der Waals surface area contributed by atoms with Gasteiger partial charge in [0, 0.05) is 12.1 Å². The Morgan fingerprint density at radius 3 is 1.92 bits per heavy atom. The summed E-state index contributed by atoms with van der Waals surface area (Å²) in [4.78, 5) is 0. The van der Waals surface area contributed by atoms with Crippen LogP contribution in [0, 0.1) is 35.2 Å². The summed E-state index contributed by atoms with van der Waals surface area (Å²) >= 11 is 0. The van der Waals surface area contributed by atoms with E-state index in [1.165, 1.54) is 44.6 Å². The van der Waals surface area contributed by atoms with Gasteiger partial charge in [0.1, 0.15) is 11.6 Å². The molecule has 2 aromatic carbocycles. The normalized spacial score (nSPS) is 24.4. The third-order valence-corrected chi connectivity index (χ3v) is 8.23. The lowest BCUT2D eigenvalue weighted by Gasteiger charge is -2.38. The molecule has 2 aliphatic carbocycles. The Labute approximate surface area is 218 Å². The van der Waals surface area contributed by atoms with Gasteiger partial charge >= 0.3 is 12.7 Å². The summed E-state index contributed by atoms with van der Waals surface area (Å²) in [6.45, 7) is -1.28. The van der Waals surface area contributed by atoms with Crippen molar-refractivity contribution in [2.75, 3.05) is 0 Å². The zero-order chi connectivity index (χ0) is 27.4. The largest absolute Gasteiger partial charge is 0.429 e. The van der Waals surface area contributed by atoms with E-state index in [4.69, 9.17) is 0 Å². The Kier molecular flexibility index (Phi) is 9.14. The maximum Gasteiger partial charge on any atom is 0.429 e. The fourth-order valence-corrected chi connectivity index (χ4v) is 6.30. The van der Waals surface area contributed by atoms with E-state index in [0.717, 1.165) is 49.7 Å². The van der Waals surface area contributed by atoms with E-state index in [-0.39, 0.29) is 18.1 Å². The molecule has 2 nitrogen and oxygen atoms in total. The molecule has 0 aliphatic heterocycles. The Balaban J connectivity index is 1.37. The molecule has 2 aliphatic rings. The molecule has 2 aromatic rings. The summed E-state index contributed by atoms with van der Waals surface area (Å²) in [5.74, 6) is -4.60. The van der Waals surface area contributed by atoms with Crippen LogP contribution >= 0.6 is 0 Å². The molecule has 0 heterocycles. The zero-order valence-corrected chi connectivity index (χ0v) is 21.3. The lowest BCUT2D eigenvalue weighted by molar-refractivity contribution is -0.187. The molecule has 0 aromatic heterocycles. The summed E-state index contributed by atoms with van der Waals surface area (Å²) < 4.78 is 105. The maximum absolute atomic E-state index is 14.8. The SMILES string of the molecule is CCC[C@H]1CC[C@H](C2CCC(c3ccc(C(F)(F)Oc4cc(F)c(OC(F)F)c(F)c4)c(F)c3)CC2)CC1. The average Bonchev–Trinajstić information content (AvgIpc) is 2.86. The Hall–Kier alpha value is -2.45. The number of hydrogen-bond acceptors (Lipinski definition) is 2. The highest BCUT2D eigenvalue weighted by Crippen LogP contribution is 2.45. The molecule has 9 heteroatoms. The van der Waals surface area contributed by atoms with E-state index in [9.17, 15) is 30.7 Å². The van der Waals surface area contributed by atoms with Crippen LogP contribution in [0.25, 0.3) is 0 Å². The monoisotopic (exact) mass is 546 g/mol. The van der Waals surface area contributed by atoms with Crippen molar-refractivity contribution >= 4 is 0 Å². The topological polar surface area (TPSA) is 18.5 Å². The summed E-state index contributed by atoms with van der Waals surface area (Å²) in [5.41, 5.74) is -0.453. The van der Waals surface area contributed by atoms with Crippen LogP contribution in [0.2, 0.25) is 0 Å². The van der Waals surface area contributed by atoms with Gasteiger partial charge in [0.25, 0.3) is 0 Å². The third-order valence-electron chi connectivity index (χ3n) is 8.23. The van der Waals surface area contributed by atoms with Gasteiger partial charge < -0.3 is 9.47 Å². The predicted octanol–water partition coefficient (Wildman–Crippen LogP) is 9.71. The number of rotatable bonds is 9. The number of hydrogen-bond donors (Lipinski definition) is 0. The van der Waals surface area contributed by atoms with Crippen molar-refractivity contribution in [3.8, 4) is 11.5 Å². The van der Waals surface area contributed by atoms with Crippen LogP contribution in [0.15, 0.2) is 30.3 Å². The van der Waals surface area contributed by atoms with Crippen molar-refractivity contribution in [1.82, 2.24) is 0 Å². The van der Waals surface area contributed by atoms with Gasteiger partial charge in [0.2, 0.25) is 0 Å². The van der Waals surface area contributed by atoms with E-state index in [2.05, 4.69) is 16.4 Å². The van der Waals surface area contributed by atoms with Crippen molar-refractivity contribution in [2.45, 2.75) is 89.8 Å². The Morgan fingerprint density at radius 2 is 1.39 bits per heavy atom. The van der Waals surface area contributed by atoms with Crippen molar-refractivity contribution in [3.63, 3.8) is 0 Å². The molecular weight excluding hydrogens is 513 g/mol. The van der Waals surface area contributed by atoms with Crippen LogP contribution in [0.4, 0.5) is 30.7 Å². The van der Waals surface area contributed by atoms with Crippen molar-refractivity contribution in [3.05, 3.63) is 58.9 Å². The molecule has 0 amide bonds. The lowest BCUT2D eigenvalue weighted by atomic mass is 9.68. The van der Waals surface area contributed by atoms with Gasteiger partial charge in [-0.1, -0.05) is 38.7 Å². The lowest BCUT2D eigenvalue weighted by Crippen LogP contribution is -2.26. The van der Waals surface area contributed by atoms with Crippen molar-refractivity contribution in [1.29, 1.82) is 0 Å². The molecule has 2 fully saturated rings. The highest BCUT2D eigenvalue weighted by molar-refractivity contribution is 5.36. The second kappa shape index (κ2) is 12.2. The van der Waals surface area contributed by atoms with Crippen LogP contribution in [0.1, 0.15) is 88.2 Å². The van der Waals surface area contributed by atoms with Gasteiger partial charge in [-0.15, -0.1) is 0 Å². The predicted molar refractivity (Wildman–Crippen MR) is 129 cm³/mol. The standard InChI is InChI=1S/C29H33F7O2/c1-2-3-17-4-6-18(7-5-17)19-8-10-20(11-9-19)21-12-13-23(24(30)14-21)29(35,36)38-22-15-25(31)27(26(32)16-22)37-28(33)34/h12-20,28H,2-11H2,1H3/t17-,18-,19?,20?. The molecule has 0 spiro atoms. The molecule has 0 bridgehead atoms. The number of ether oxygens (including phenoxy) is 2. The number of halogens is 7. The molecule has 0 unspecified atom stereocenters. The van der Waals surface area contributed by atoms with Gasteiger partial charge in [0.15, 0.2) is 17.4 Å². The summed E-state index contributed by atoms with van der Waals surface area (Å²) in [6.07, 6.45) is 7.25. The second-order valence-electron chi connectivity index (χ2n) is 10.6. The highest BCUT2D eigenvalue weighted by Gasteiger charge is 2.39. The van der Waals surface area contributed by atoms with Crippen LogP contribution < -0.4 is 9.47 Å². The second-order valence-corrected chi connectivity index (χ2v) is 10.6. The van der Waals surface area contributed by atoms with Crippen molar-refractivity contribution in [2.24, 2.45) is 17.8 Å². The Bertz CT molecular complexity index is 1050. The molecule has 210 valence electrons. The van der Waals surface area contributed by atoms with Gasteiger partial charge in [0.05, 0.1) is 5.56 Å². The quantitative estimate of drug-likeness (QED) is 0.292. The van der Waals surface area contributed by atoms with E-state index in [0.29, 0.717) is 11.5 Å². The molecule has 4 rings (SSSR count). The van der Waals surface area contributed by atoms with Crippen LogP contribution in [0.5, 0.6) is 11.5 Å². The first-order valence-electron chi connectivity index (χ1n) is 13.4. The third kappa shape index (κ3) is 6.75. The van der Waals surface area contributed by atoms with E-state index in [1.807, 2.05) is 0 Å². The maximum atomic E-state index is 14.8. The van der Waals surface area contributed by atoms with Gasteiger partial charge in [-0.3, -0.25) is 0 Å². The zero-order valence-electron chi connectivity index (χ0n) is 21.3. The minimum absolute atomic E-state index is 0.0753. The van der Waals surface area contributed by atoms with E-state index in [1.54, 1.807) is 0 Å². The number of alkyl halides is 4. The fourth-order valence-electron chi connectivity index (χ4n) is 6.30. The summed E-state index contributed by atoms with van der Waals surface area (Å²) in [5, 5.41) is 0. The van der Waals surface area contributed by atoms with Crippen LogP contribution in [-0.4, -0.2) is 6.61 Å². The molecule has 0 atom stereocenters. The Morgan fingerprint density at radius 1 is 0.816 bits per heavy atom. The highest BCUT2D eigenvalue weighted by atomic mass is 19.3. The first-order chi connectivity index (χ1) is 18.1. The molecule has 0 saturated heterocycles. The van der Waals surface area contributed by atoms with Gasteiger partial charge in [-0.2, -0.15) is 17.6 Å². The van der Waals surface area contributed by atoms with E-state index < -0.39 is 47.2 Å². The van der Waals surface area contributed by atoms with Crippen LogP contribution in [0.3, 0.4) is 0 Å². The molecule has 2 saturated carbocycles. The van der Waals surface area contributed by atoms with Gasteiger partial charge in [-0.25, -0.2) is 13.2 Å². The molecular formula is C29H33F7O2. The fraction of sp³-hybridized carbons (Fsp3) is 0.586. The minimum atomic E-state index is -4.26. The molecule has 0 radical (unpaired) electrons. The van der Waals surface area contributed by atoms with Crippen LogP contribution in [-0.2, 0) is 6.11 Å². The summed E-state index contributed by atoms with van der Waals surface area (Å²) in [7, 11) is 0. The van der Waals surface area contributed by atoms with E-state index >= 15 is 0 Å². The number of benzene rings is 2. The summed E-state index contributed by atoms with van der Waals surface area (Å²) in [6, 6.07) is 3.99. The first-order valence-corrected chi connectivity index (χ1v) is 13.4.